The molecule has 0 aliphatic carbocycles. The van der Waals surface area contributed by atoms with Crippen LogP contribution in [0.15, 0.2) is 46.6 Å². The summed E-state index contributed by atoms with van der Waals surface area (Å²) < 4.78 is 23.5. The second-order valence-electron chi connectivity index (χ2n) is 6.54. The topological polar surface area (TPSA) is 96.0 Å². The minimum Gasteiger partial charge on any atom is -0.297 e. The summed E-state index contributed by atoms with van der Waals surface area (Å²) in [6.07, 6.45) is 5.21. The van der Waals surface area contributed by atoms with E-state index in [0.29, 0.717) is 30.8 Å². The molecular weight excluding hydrogens is 352 g/mol. The predicted molar refractivity (Wildman–Crippen MR) is 97.5 cm³/mol. The Balaban J connectivity index is 1.66. The van der Waals surface area contributed by atoms with Gasteiger partial charge in [-0.25, -0.2) is 13.4 Å². The van der Waals surface area contributed by atoms with E-state index in [9.17, 15) is 13.2 Å². The Kier molecular flexibility index (Phi) is 4.08. The third-order valence-electron chi connectivity index (χ3n) is 4.65. The van der Waals surface area contributed by atoms with Crippen LogP contribution in [0.4, 0.5) is 0 Å². The molecule has 26 heavy (non-hydrogen) atoms. The number of nitrogens with zero attached hydrogens (tertiary/aromatic N) is 3. The van der Waals surface area contributed by atoms with Gasteiger partial charge in [-0.15, -0.1) is 0 Å². The molecule has 0 bridgehead atoms. The van der Waals surface area contributed by atoms with E-state index in [1.807, 2.05) is 24.4 Å². The number of hydrogen-bond acceptors (Lipinski definition) is 6. The highest BCUT2D eigenvalue weighted by Gasteiger charge is 2.23. The SMILES string of the molecule is CS(=O)(=O)c1nc2c(c(=O)[nH]1)CCN(Cc1cccc3cnccc13)C2. The Bertz CT molecular complexity index is 1150. The lowest BCUT2D eigenvalue weighted by atomic mass is 10.0. The van der Waals surface area contributed by atoms with Crippen molar-refractivity contribution in [1.82, 2.24) is 19.9 Å². The number of sulfone groups is 1. The molecule has 1 aliphatic rings. The highest BCUT2D eigenvalue weighted by atomic mass is 32.2. The fraction of sp³-hybridized carbons (Fsp3) is 0.278. The summed E-state index contributed by atoms with van der Waals surface area (Å²) in [4.78, 5) is 25.1. The maximum absolute atomic E-state index is 12.2. The Labute approximate surface area is 150 Å². The monoisotopic (exact) mass is 370 g/mol. The molecule has 0 amide bonds. The van der Waals surface area contributed by atoms with Crippen molar-refractivity contribution < 1.29 is 8.42 Å². The molecule has 134 valence electrons. The summed E-state index contributed by atoms with van der Waals surface area (Å²) in [5, 5.41) is 1.96. The summed E-state index contributed by atoms with van der Waals surface area (Å²) in [5.41, 5.74) is 1.94. The van der Waals surface area contributed by atoms with Gasteiger partial charge >= 0.3 is 0 Å². The smallest absolute Gasteiger partial charge is 0.255 e. The minimum atomic E-state index is -3.56. The van der Waals surface area contributed by atoms with E-state index in [-0.39, 0.29) is 10.7 Å². The standard InChI is InChI=1S/C18H18N4O3S/c1-26(24,25)18-20-16-11-22(8-6-15(16)17(23)21-18)10-13-4-2-3-12-9-19-7-5-14(12)13/h2-5,7,9H,6,8,10-11H2,1H3,(H,20,21,23). The van der Waals surface area contributed by atoms with E-state index < -0.39 is 9.84 Å². The van der Waals surface area contributed by atoms with Crippen LogP contribution in [0.25, 0.3) is 10.8 Å². The zero-order valence-corrected chi connectivity index (χ0v) is 15.1. The fourth-order valence-corrected chi connectivity index (χ4v) is 3.90. The summed E-state index contributed by atoms with van der Waals surface area (Å²) >= 11 is 0. The van der Waals surface area contributed by atoms with E-state index in [1.165, 1.54) is 5.56 Å². The molecule has 3 aromatic rings. The van der Waals surface area contributed by atoms with E-state index in [0.717, 1.165) is 23.6 Å². The van der Waals surface area contributed by atoms with Crippen molar-refractivity contribution in [3.63, 3.8) is 0 Å². The Morgan fingerprint density at radius 1 is 1.27 bits per heavy atom. The first-order chi connectivity index (χ1) is 12.4. The lowest BCUT2D eigenvalue weighted by Gasteiger charge is -2.28. The zero-order chi connectivity index (χ0) is 18.3. The van der Waals surface area contributed by atoms with Gasteiger partial charge in [-0.3, -0.25) is 19.7 Å². The van der Waals surface area contributed by atoms with Gasteiger partial charge in [-0.1, -0.05) is 18.2 Å². The van der Waals surface area contributed by atoms with Crippen molar-refractivity contribution in [3.05, 3.63) is 63.8 Å². The molecule has 0 saturated heterocycles. The summed E-state index contributed by atoms with van der Waals surface area (Å²) in [6.45, 7) is 1.87. The Morgan fingerprint density at radius 2 is 2.12 bits per heavy atom. The van der Waals surface area contributed by atoms with Crippen LogP contribution < -0.4 is 5.56 Å². The molecule has 0 fully saturated rings. The van der Waals surface area contributed by atoms with Crippen LogP contribution in [0.5, 0.6) is 0 Å². The predicted octanol–water partition coefficient (Wildman–Crippen LogP) is 1.28. The number of hydrogen-bond donors (Lipinski definition) is 1. The molecule has 0 radical (unpaired) electrons. The van der Waals surface area contributed by atoms with Crippen LogP contribution in [0, 0.1) is 0 Å². The second kappa shape index (κ2) is 6.30. The van der Waals surface area contributed by atoms with Gasteiger partial charge in [0.1, 0.15) is 0 Å². The van der Waals surface area contributed by atoms with Gasteiger partial charge in [0.15, 0.2) is 0 Å². The molecule has 7 nitrogen and oxygen atoms in total. The maximum atomic E-state index is 12.2. The van der Waals surface area contributed by atoms with Crippen molar-refractivity contribution in [2.75, 3.05) is 12.8 Å². The van der Waals surface area contributed by atoms with E-state index in [4.69, 9.17) is 0 Å². The molecule has 1 aromatic carbocycles. The van der Waals surface area contributed by atoms with E-state index in [2.05, 4.69) is 25.9 Å². The molecule has 0 atom stereocenters. The van der Waals surface area contributed by atoms with Gasteiger partial charge in [0.05, 0.1) is 5.69 Å². The number of pyridine rings is 1. The Hall–Kier alpha value is -2.58. The largest absolute Gasteiger partial charge is 0.297 e. The fourth-order valence-electron chi connectivity index (χ4n) is 3.35. The van der Waals surface area contributed by atoms with Gasteiger partial charge in [-0.2, -0.15) is 0 Å². The van der Waals surface area contributed by atoms with Crippen LogP contribution in [0.1, 0.15) is 16.8 Å². The first-order valence-corrected chi connectivity index (χ1v) is 10.2. The summed E-state index contributed by atoms with van der Waals surface area (Å²) in [6, 6.07) is 8.09. The van der Waals surface area contributed by atoms with Crippen molar-refractivity contribution in [2.45, 2.75) is 24.7 Å². The third-order valence-corrected chi connectivity index (χ3v) is 5.54. The molecule has 8 heteroatoms. The Morgan fingerprint density at radius 3 is 2.92 bits per heavy atom. The average Bonchev–Trinajstić information content (AvgIpc) is 2.61. The summed E-state index contributed by atoms with van der Waals surface area (Å²) in [7, 11) is -3.56. The highest BCUT2D eigenvalue weighted by Crippen LogP contribution is 2.22. The molecular formula is C18H18N4O3S. The molecule has 4 rings (SSSR count). The maximum Gasteiger partial charge on any atom is 0.255 e. The summed E-state index contributed by atoms with van der Waals surface area (Å²) in [5.74, 6) is 0. The number of fused-ring (bicyclic) bond motifs is 2. The van der Waals surface area contributed by atoms with Crippen LogP contribution >= 0.6 is 0 Å². The van der Waals surface area contributed by atoms with Gasteiger partial charge in [0.25, 0.3) is 5.56 Å². The average molecular weight is 370 g/mol. The second-order valence-corrected chi connectivity index (χ2v) is 8.47. The molecule has 2 aromatic heterocycles. The molecule has 1 N–H and O–H groups in total. The van der Waals surface area contributed by atoms with Crippen molar-refractivity contribution >= 4 is 20.6 Å². The van der Waals surface area contributed by atoms with Crippen molar-refractivity contribution in [1.29, 1.82) is 0 Å². The number of H-pyrrole nitrogens is 1. The number of nitrogens with one attached hydrogen (secondary N) is 1. The zero-order valence-electron chi connectivity index (χ0n) is 14.3. The highest BCUT2D eigenvalue weighted by molar-refractivity contribution is 7.90. The lowest BCUT2D eigenvalue weighted by Crippen LogP contribution is -2.35. The van der Waals surface area contributed by atoms with Crippen LogP contribution in [0.3, 0.4) is 0 Å². The normalized spacial score (nSPS) is 15.1. The van der Waals surface area contributed by atoms with Gasteiger partial charge in [-0.05, 0) is 23.4 Å². The molecule has 0 unspecified atom stereocenters. The quantitative estimate of drug-likeness (QED) is 0.698. The van der Waals surface area contributed by atoms with Crippen molar-refractivity contribution in [2.24, 2.45) is 0 Å². The van der Waals surface area contributed by atoms with Gasteiger partial charge < -0.3 is 0 Å². The van der Waals surface area contributed by atoms with E-state index in [1.54, 1.807) is 6.20 Å². The lowest BCUT2D eigenvalue weighted by molar-refractivity contribution is 0.240. The van der Waals surface area contributed by atoms with E-state index >= 15 is 0 Å². The van der Waals surface area contributed by atoms with Gasteiger partial charge in [0.2, 0.25) is 15.0 Å². The number of aromatic nitrogens is 3. The van der Waals surface area contributed by atoms with Crippen LogP contribution in [-0.2, 0) is 29.3 Å². The third kappa shape index (κ3) is 3.13. The van der Waals surface area contributed by atoms with Gasteiger partial charge in [0, 0.05) is 49.2 Å². The first-order valence-electron chi connectivity index (χ1n) is 8.28. The molecule has 3 heterocycles. The van der Waals surface area contributed by atoms with Crippen LogP contribution in [-0.4, -0.2) is 41.1 Å². The van der Waals surface area contributed by atoms with Crippen molar-refractivity contribution in [3.8, 4) is 0 Å². The first kappa shape index (κ1) is 16.9. The number of aromatic amines is 1. The number of rotatable bonds is 3. The molecule has 0 saturated carbocycles. The van der Waals surface area contributed by atoms with Crippen LogP contribution in [0.2, 0.25) is 0 Å². The molecule has 1 aliphatic heterocycles. The minimum absolute atomic E-state index is 0.265. The number of benzene rings is 1. The molecule has 0 spiro atoms.